The Hall–Kier alpha value is -4.63. The summed E-state index contributed by atoms with van der Waals surface area (Å²) in [6, 6.07) is 13.7. The lowest BCUT2D eigenvalue weighted by Crippen LogP contribution is -2.58. The molecule has 0 radical (unpaired) electrons. The van der Waals surface area contributed by atoms with Gasteiger partial charge in [0.1, 0.15) is 6.04 Å². The first-order valence-electron chi connectivity index (χ1n) is 15.7. The number of likely N-dealkylation sites (tertiary alicyclic amines) is 1. The molecule has 4 aliphatic rings. The van der Waals surface area contributed by atoms with E-state index >= 15 is 0 Å². The molecule has 2 saturated carbocycles. The first-order chi connectivity index (χ1) is 21.8. The van der Waals surface area contributed by atoms with E-state index < -0.39 is 11.0 Å². The van der Waals surface area contributed by atoms with Crippen LogP contribution in [0.1, 0.15) is 87.3 Å². The number of benzene rings is 2. The summed E-state index contributed by atoms with van der Waals surface area (Å²) < 4.78 is 0. The Morgan fingerprint density at radius 3 is 2.16 bits per heavy atom. The zero-order valence-corrected chi connectivity index (χ0v) is 25.5. The maximum atomic E-state index is 13.5. The smallest absolute Gasteiger partial charge is 0.251 e. The van der Waals surface area contributed by atoms with E-state index in [0.29, 0.717) is 42.1 Å². The molecular formula is C33H37N9O3. The summed E-state index contributed by atoms with van der Waals surface area (Å²) in [6.07, 6.45) is 6.30. The Morgan fingerprint density at radius 1 is 1.00 bits per heavy atom. The second-order valence-electron chi connectivity index (χ2n) is 13.0. The highest BCUT2D eigenvalue weighted by Gasteiger charge is 2.55. The molecule has 1 aromatic heterocycles. The van der Waals surface area contributed by atoms with Crippen LogP contribution in [0.25, 0.3) is 0 Å². The van der Waals surface area contributed by atoms with Gasteiger partial charge in [-0.2, -0.15) is 10.5 Å². The molecule has 3 aliphatic carbocycles. The summed E-state index contributed by atoms with van der Waals surface area (Å²) in [5.41, 5.74) is 3.77. The van der Waals surface area contributed by atoms with Crippen molar-refractivity contribution >= 4 is 17.7 Å². The van der Waals surface area contributed by atoms with Gasteiger partial charge >= 0.3 is 0 Å². The van der Waals surface area contributed by atoms with Crippen LogP contribution in [0.4, 0.5) is 0 Å². The van der Waals surface area contributed by atoms with Crippen LogP contribution >= 0.6 is 0 Å². The van der Waals surface area contributed by atoms with E-state index in [0.717, 1.165) is 54.4 Å². The summed E-state index contributed by atoms with van der Waals surface area (Å²) in [5, 5.41) is 34.6. The molecule has 4 N–H and O–H groups in total. The van der Waals surface area contributed by atoms with Gasteiger partial charge in [0.25, 0.3) is 11.8 Å². The number of piperidine rings is 1. The number of fused-ring (bicyclic) bond motifs is 3. The molecule has 12 heteroatoms. The number of hydrogen-bond donors (Lipinski definition) is 4. The molecule has 45 heavy (non-hydrogen) atoms. The number of aryl methyl sites for hydroxylation is 2. The lowest BCUT2D eigenvalue weighted by atomic mass is 9.60. The van der Waals surface area contributed by atoms with Crippen molar-refractivity contribution in [2.75, 3.05) is 20.6 Å². The van der Waals surface area contributed by atoms with Gasteiger partial charge < -0.3 is 20.9 Å². The Balaban J connectivity index is 1.33. The van der Waals surface area contributed by atoms with Crippen molar-refractivity contribution in [3.63, 3.8) is 0 Å². The third-order valence-electron chi connectivity index (χ3n) is 10.6. The molecule has 232 valence electrons. The first-order valence-corrected chi connectivity index (χ1v) is 15.7. The molecule has 3 aromatic rings. The monoisotopic (exact) mass is 607 g/mol. The van der Waals surface area contributed by atoms with Gasteiger partial charge in [-0.1, -0.05) is 17.3 Å². The van der Waals surface area contributed by atoms with Crippen LogP contribution in [0, 0.1) is 17.2 Å². The van der Waals surface area contributed by atoms with Crippen molar-refractivity contribution < 1.29 is 14.4 Å². The van der Waals surface area contributed by atoms with Crippen LogP contribution in [-0.2, 0) is 23.1 Å². The van der Waals surface area contributed by atoms with Crippen LogP contribution in [0.15, 0.2) is 36.4 Å². The van der Waals surface area contributed by atoms with Gasteiger partial charge in [-0.05, 0) is 104 Å². The molecule has 2 aromatic carbocycles. The number of H-pyrrole nitrogens is 1. The maximum absolute atomic E-state index is 13.5. The standard InChI is InChI=1S/C33H37N9O3/c1-35-29(44)21-6-8-25-19(12-21)4-5-20-13-22(30(45)36-2)7-9-26(20)33(25,31-38-40-41-39-31)18-32(10-3-11-32)37-17-28(43)42-24(16-34)14-23-15-27(23)42/h6-9,12-13,23-24,27,37H,3-5,10-11,14-15,17-18H2,1-2H3,(H,35,44)(H,36,45)(H,38,39,40,41)/t23-,24+,27+/m1/s1. The molecule has 0 spiro atoms. The number of aromatic amines is 1. The highest BCUT2D eigenvalue weighted by Crippen LogP contribution is 2.52. The maximum Gasteiger partial charge on any atom is 0.251 e. The number of nitrogens with zero attached hydrogens (tertiary/aromatic N) is 5. The molecule has 1 saturated heterocycles. The number of nitrogens with one attached hydrogen (secondary N) is 4. The number of tetrazole rings is 1. The third kappa shape index (κ3) is 4.77. The van der Waals surface area contributed by atoms with E-state index in [1.807, 2.05) is 36.4 Å². The zero-order chi connectivity index (χ0) is 31.3. The van der Waals surface area contributed by atoms with E-state index in [2.05, 4.69) is 42.6 Å². The SMILES string of the molecule is CNC(=O)c1ccc2c(c1)CCc1cc(C(=O)NC)ccc1C2(CC1(NCC(=O)N2[C@H](C#N)C[C@@H]3C[C@@H]32)CCC1)c1nn[nH]n1. The molecule has 3 fully saturated rings. The summed E-state index contributed by atoms with van der Waals surface area (Å²) in [4.78, 5) is 40.7. The molecule has 3 atom stereocenters. The van der Waals surface area contributed by atoms with Crippen LogP contribution in [0.3, 0.4) is 0 Å². The van der Waals surface area contributed by atoms with E-state index in [1.165, 1.54) is 0 Å². The summed E-state index contributed by atoms with van der Waals surface area (Å²) in [7, 11) is 3.23. The van der Waals surface area contributed by atoms with Gasteiger partial charge in [0, 0.05) is 36.8 Å². The van der Waals surface area contributed by atoms with Crippen LogP contribution in [0.5, 0.6) is 0 Å². The van der Waals surface area contributed by atoms with Gasteiger partial charge in [0.2, 0.25) is 5.91 Å². The molecule has 1 aliphatic heterocycles. The molecular weight excluding hydrogens is 570 g/mol. The third-order valence-corrected chi connectivity index (χ3v) is 10.6. The average Bonchev–Trinajstić information content (AvgIpc) is 3.43. The van der Waals surface area contributed by atoms with Crippen molar-refractivity contribution in [2.45, 2.75) is 74.4 Å². The number of carbonyl (C=O) groups is 3. The first kappa shape index (κ1) is 29.1. The fourth-order valence-electron chi connectivity index (χ4n) is 8.08. The summed E-state index contributed by atoms with van der Waals surface area (Å²) in [5.74, 6) is 0.585. The number of carbonyl (C=O) groups excluding carboxylic acids is 3. The minimum absolute atomic E-state index is 0.0291. The van der Waals surface area contributed by atoms with Gasteiger partial charge in [0.05, 0.1) is 18.0 Å². The number of hydrogen-bond acceptors (Lipinski definition) is 8. The lowest BCUT2D eigenvalue weighted by molar-refractivity contribution is -0.131. The van der Waals surface area contributed by atoms with Crippen molar-refractivity contribution in [3.05, 3.63) is 75.6 Å². The fourth-order valence-corrected chi connectivity index (χ4v) is 8.08. The van der Waals surface area contributed by atoms with E-state index in [4.69, 9.17) is 0 Å². The Bertz CT molecular complexity index is 1640. The molecule has 0 bridgehead atoms. The largest absolute Gasteiger partial charge is 0.355 e. The Labute approximate surface area is 261 Å². The van der Waals surface area contributed by atoms with Crippen molar-refractivity contribution in [1.82, 2.24) is 41.5 Å². The minimum Gasteiger partial charge on any atom is -0.355 e. The number of rotatable bonds is 8. The average molecular weight is 608 g/mol. The normalized spacial score (nSPS) is 23.3. The Morgan fingerprint density at radius 2 is 1.64 bits per heavy atom. The number of nitriles is 1. The lowest BCUT2D eigenvalue weighted by Gasteiger charge is -2.49. The number of amides is 3. The van der Waals surface area contributed by atoms with Crippen LogP contribution in [-0.4, -0.2) is 81.5 Å². The highest BCUT2D eigenvalue weighted by atomic mass is 16.2. The van der Waals surface area contributed by atoms with E-state index in [9.17, 15) is 19.6 Å². The predicted molar refractivity (Wildman–Crippen MR) is 163 cm³/mol. The second-order valence-corrected chi connectivity index (χ2v) is 13.0. The van der Waals surface area contributed by atoms with Crippen molar-refractivity contribution in [1.29, 1.82) is 5.26 Å². The molecule has 0 unspecified atom stereocenters. The van der Waals surface area contributed by atoms with Crippen LogP contribution < -0.4 is 16.0 Å². The highest BCUT2D eigenvalue weighted by molar-refractivity contribution is 5.95. The second kappa shape index (κ2) is 11.1. The van der Waals surface area contributed by atoms with Crippen molar-refractivity contribution in [3.8, 4) is 6.07 Å². The fraction of sp³-hybridized carbons (Fsp3) is 0.485. The Kier molecular flexibility index (Phi) is 7.16. The summed E-state index contributed by atoms with van der Waals surface area (Å²) >= 11 is 0. The predicted octanol–water partition coefficient (Wildman–Crippen LogP) is 1.77. The molecule has 3 amide bonds. The summed E-state index contributed by atoms with van der Waals surface area (Å²) in [6.45, 7) is 0.147. The number of aromatic nitrogens is 4. The quantitative estimate of drug-likeness (QED) is 0.300. The zero-order valence-electron chi connectivity index (χ0n) is 25.5. The minimum atomic E-state index is -0.891. The van der Waals surface area contributed by atoms with Gasteiger partial charge in [-0.3, -0.25) is 14.4 Å². The van der Waals surface area contributed by atoms with E-state index in [1.54, 1.807) is 19.0 Å². The molecule has 7 rings (SSSR count). The van der Waals surface area contributed by atoms with Crippen molar-refractivity contribution in [2.24, 2.45) is 5.92 Å². The van der Waals surface area contributed by atoms with E-state index in [-0.39, 0.29) is 36.3 Å². The van der Waals surface area contributed by atoms with Gasteiger partial charge in [-0.15, -0.1) is 10.2 Å². The van der Waals surface area contributed by atoms with Gasteiger partial charge in [0.15, 0.2) is 5.82 Å². The topological polar surface area (TPSA) is 169 Å². The molecule has 12 nitrogen and oxygen atoms in total. The molecule has 2 heterocycles. The van der Waals surface area contributed by atoms with Crippen LogP contribution in [0.2, 0.25) is 0 Å². The van der Waals surface area contributed by atoms with Gasteiger partial charge in [-0.25, -0.2) is 0 Å².